The summed E-state index contributed by atoms with van der Waals surface area (Å²) in [5, 5.41) is 0. The van der Waals surface area contributed by atoms with E-state index in [0.717, 1.165) is 12.3 Å². The quantitative estimate of drug-likeness (QED) is 0.661. The van der Waals surface area contributed by atoms with Gasteiger partial charge in [-0.15, -0.1) is 11.3 Å². The van der Waals surface area contributed by atoms with Gasteiger partial charge in [0.15, 0.2) is 0 Å². The summed E-state index contributed by atoms with van der Waals surface area (Å²) in [5.74, 6) is 6.96. The Kier molecular flexibility index (Phi) is 3.05. The number of hydrogen-bond donors (Lipinski definition) is 2. The Morgan fingerprint density at radius 2 is 2.00 bits per heavy atom. The Bertz CT molecular complexity index is 508. The highest BCUT2D eigenvalue weighted by Crippen LogP contribution is 2.70. The third-order valence-electron chi connectivity index (χ3n) is 6.50. The molecule has 116 valence electrons. The molecule has 5 rings (SSSR count). The first-order valence-corrected chi connectivity index (χ1v) is 9.16. The van der Waals surface area contributed by atoms with Crippen LogP contribution in [0.4, 0.5) is 0 Å². The first-order valence-electron chi connectivity index (χ1n) is 8.28. The number of hydrogen-bond acceptors (Lipinski definition) is 4. The minimum Gasteiger partial charge on any atom is -0.271 e. The van der Waals surface area contributed by atoms with Gasteiger partial charge in [-0.05, 0) is 60.7 Å². The van der Waals surface area contributed by atoms with Crippen LogP contribution in [0, 0.1) is 22.2 Å². The summed E-state index contributed by atoms with van der Waals surface area (Å²) < 4.78 is 0. The average Bonchev–Trinajstić information content (AvgIpc) is 2.83. The van der Waals surface area contributed by atoms with Gasteiger partial charge in [0.2, 0.25) is 0 Å². The second-order valence-electron chi connectivity index (χ2n) is 8.88. The molecule has 4 saturated carbocycles. The summed E-state index contributed by atoms with van der Waals surface area (Å²) in [7, 11) is 0. The van der Waals surface area contributed by atoms with Gasteiger partial charge in [-0.3, -0.25) is 16.3 Å². The van der Waals surface area contributed by atoms with Crippen LogP contribution in [0.25, 0.3) is 0 Å². The molecule has 3 atom stereocenters. The van der Waals surface area contributed by atoms with Gasteiger partial charge in [0, 0.05) is 23.5 Å². The third-order valence-corrected chi connectivity index (χ3v) is 7.30. The Balaban J connectivity index is 1.66. The van der Waals surface area contributed by atoms with Crippen molar-refractivity contribution in [2.45, 2.75) is 64.8 Å². The molecule has 1 aromatic rings. The molecule has 21 heavy (non-hydrogen) atoms. The molecule has 0 radical (unpaired) electrons. The maximum absolute atomic E-state index is 6.03. The van der Waals surface area contributed by atoms with E-state index in [1.54, 1.807) is 11.3 Å². The summed E-state index contributed by atoms with van der Waals surface area (Å²) in [5.41, 5.74) is 6.66. The van der Waals surface area contributed by atoms with Crippen LogP contribution in [0.15, 0.2) is 11.7 Å². The number of aromatic nitrogens is 1. The Labute approximate surface area is 131 Å². The second kappa shape index (κ2) is 4.53. The third kappa shape index (κ3) is 2.27. The van der Waals surface area contributed by atoms with Crippen LogP contribution < -0.4 is 11.3 Å². The molecule has 0 amide bonds. The van der Waals surface area contributed by atoms with Crippen molar-refractivity contribution in [3.8, 4) is 0 Å². The topological polar surface area (TPSA) is 50.9 Å². The minimum absolute atomic E-state index is 0.403. The van der Waals surface area contributed by atoms with Crippen LogP contribution in [-0.4, -0.2) is 11.0 Å². The summed E-state index contributed by atoms with van der Waals surface area (Å²) in [4.78, 5) is 5.60. The predicted octanol–water partition coefficient (Wildman–Crippen LogP) is 3.51. The molecule has 0 spiro atoms. The van der Waals surface area contributed by atoms with Crippen LogP contribution in [0.5, 0.6) is 0 Å². The van der Waals surface area contributed by atoms with E-state index in [4.69, 9.17) is 5.84 Å². The summed E-state index contributed by atoms with van der Waals surface area (Å²) >= 11 is 1.76. The van der Waals surface area contributed by atoms with E-state index in [1.165, 1.54) is 43.4 Å². The summed E-state index contributed by atoms with van der Waals surface area (Å²) in [6.07, 6.45) is 11.5. The zero-order valence-electron chi connectivity index (χ0n) is 13.2. The van der Waals surface area contributed by atoms with Crippen molar-refractivity contribution in [2.24, 2.45) is 28.0 Å². The van der Waals surface area contributed by atoms with Crippen molar-refractivity contribution < 1.29 is 0 Å². The van der Waals surface area contributed by atoms with Crippen molar-refractivity contribution >= 4 is 11.3 Å². The van der Waals surface area contributed by atoms with Gasteiger partial charge in [0.05, 0.1) is 5.51 Å². The molecule has 0 aromatic carbocycles. The molecule has 1 aromatic heterocycles. The monoisotopic (exact) mass is 305 g/mol. The molecular weight excluding hydrogens is 278 g/mol. The molecule has 3 nitrogen and oxygen atoms in total. The standard InChI is InChI=1S/C17H27N3S/c1-15-4-12-5-16(2,8-15)10-17(6-12,9-15)14(20-18)3-13-7-19-11-21-13/h7,11-12,14,20H,3-6,8-10,18H2,1-2H3. The van der Waals surface area contributed by atoms with Gasteiger partial charge >= 0.3 is 0 Å². The lowest BCUT2D eigenvalue weighted by Crippen LogP contribution is -2.62. The largest absolute Gasteiger partial charge is 0.271 e. The maximum Gasteiger partial charge on any atom is 0.0794 e. The van der Waals surface area contributed by atoms with Gasteiger partial charge < -0.3 is 0 Å². The summed E-state index contributed by atoms with van der Waals surface area (Å²) in [6.45, 7) is 5.06. The lowest BCUT2D eigenvalue weighted by atomic mass is 9.39. The smallest absolute Gasteiger partial charge is 0.0794 e. The Morgan fingerprint density at radius 1 is 1.29 bits per heavy atom. The molecule has 3 N–H and O–H groups in total. The number of nitrogens with one attached hydrogen (secondary N) is 1. The van der Waals surface area contributed by atoms with Gasteiger partial charge in [-0.2, -0.15) is 0 Å². The highest BCUT2D eigenvalue weighted by molar-refractivity contribution is 7.09. The molecule has 4 aliphatic carbocycles. The minimum atomic E-state index is 0.403. The van der Waals surface area contributed by atoms with E-state index >= 15 is 0 Å². The highest BCUT2D eigenvalue weighted by Gasteiger charge is 2.61. The molecule has 3 unspecified atom stereocenters. The van der Waals surface area contributed by atoms with Gasteiger partial charge in [-0.1, -0.05) is 13.8 Å². The maximum atomic E-state index is 6.03. The van der Waals surface area contributed by atoms with Crippen molar-refractivity contribution in [1.29, 1.82) is 0 Å². The van der Waals surface area contributed by atoms with Crippen molar-refractivity contribution in [1.82, 2.24) is 10.4 Å². The molecule has 4 fully saturated rings. The van der Waals surface area contributed by atoms with Crippen LogP contribution in [-0.2, 0) is 6.42 Å². The molecule has 0 aliphatic heterocycles. The van der Waals surface area contributed by atoms with E-state index in [-0.39, 0.29) is 0 Å². The van der Waals surface area contributed by atoms with E-state index in [0.29, 0.717) is 22.3 Å². The molecule has 4 heteroatoms. The lowest BCUT2D eigenvalue weighted by molar-refractivity contribution is -0.157. The van der Waals surface area contributed by atoms with E-state index in [9.17, 15) is 0 Å². The average molecular weight is 305 g/mol. The zero-order valence-corrected chi connectivity index (χ0v) is 14.0. The van der Waals surface area contributed by atoms with Crippen molar-refractivity contribution in [2.75, 3.05) is 0 Å². The van der Waals surface area contributed by atoms with Crippen LogP contribution in [0.3, 0.4) is 0 Å². The van der Waals surface area contributed by atoms with E-state index < -0.39 is 0 Å². The Hall–Kier alpha value is -0.450. The normalized spacial score (nSPS) is 46.0. The summed E-state index contributed by atoms with van der Waals surface area (Å²) in [6, 6.07) is 0.403. The number of nitrogens with two attached hydrogens (primary N) is 1. The fraction of sp³-hybridized carbons (Fsp3) is 0.824. The SMILES string of the molecule is CC12CC3CC(C)(C1)CC(C(Cc1cncs1)NN)(C3)C2. The number of hydrazine groups is 1. The van der Waals surface area contributed by atoms with Crippen molar-refractivity contribution in [3.63, 3.8) is 0 Å². The number of nitrogens with zero attached hydrogens (tertiary/aromatic N) is 1. The molecule has 4 bridgehead atoms. The van der Waals surface area contributed by atoms with Crippen LogP contribution in [0.1, 0.15) is 57.2 Å². The lowest BCUT2D eigenvalue weighted by Gasteiger charge is -2.67. The number of rotatable bonds is 4. The van der Waals surface area contributed by atoms with E-state index in [1.807, 2.05) is 11.7 Å². The fourth-order valence-electron chi connectivity index (χ4n) is 6.92. The van der Waals surface area contributed by atoms with Gasteiger partial charge in [-0.25, -0.2) is 0 Å². The number of thiazole rings is 1. The first-order chi connectivity index (χ1) is 9.94. The molecular formula is C17H27N3S. The molecule has 4 aliphatic rings. The van der Waals surface area contributed by atoms with Crippen LogP contribution >= 0.6 is 11.3 Å². The second-order valence-corrected chi connectivity index (χ2v) is 9.85. The molecule has 0 saturated heterocycles. The van der Waals surface area contributed by atoms with E-state index in [2.05, 4.69) is 24.3 Å². The first kappa shape index (κ1) is 14.2. The van der Waals surface area contributed by atoms with Crippen molar-refractivity contribution in [3.05, 3.63) is 16.6 Å². The van der Waals surface area contributed by atoms with Gasteiger partial charge in [0.1, 0.15) is 0 Å². The molecule has 1 heterocycles. The van der Waals surface area contributed by atoms with Gasteiger partial charge in [0.25, 0.3) is 0 Å². The Morgan fingerprint density at radius 3 is 2.52 bits per heavy atom. The highest BCUT2D eigenvalue weighted by atomic mass is 32.1. The predicted molar refractivity (Wildman–Crippen MR) is 86.8 cm³/mol. The van der Waals surface area contributed by atoms with Crippen LogP contribution in [0.2, 0.25) is 0 Å². The fourth-order valence-corrected chi connectivity index (χ4v) is 7.56. The zero-order chi connectivity index (χ0) is 14.7.